The third-order valence-electron chi connectivity index (χ3n) is 3.72. The molecule has 0 aromatic heterocycles. The summed E-state index contributed by atoms with van der Waals surface area (Å²) < 4.78 is 12.8. The van der Waals surface area contributed by atoms with Crippen molar-refractivity contribution in [1.29, 1.82) is 0 Å². The van der Waals surface area contributed by atoms with E-state index in [4.69, 9.17) is 0 Å². The van der Waals surface area contributed by atoms with Gasteiger partial charge in [-0.15, -0.1) is 0 Å². The van der Waals surface area contributed by atoms with Crippen LogP contribution in [-0.2, 0) is 11.2 Å². The van der Waals surface area contributed by atoms with E-state index in [0.717, 1.165) is 17.7 Å². The van der Waals surface area contributed by atoms with Crippen LogP contribution in [0.25, 0.3) is 0 Å². The molecule has 6 heteroatoms. The largest absolute Gasteiger partial charge is 0.323 e. The Labute approximate surface area is 133 Å². The van der Waals surface area contributed by atoms with E-state index in [1.165, 1.54) is 31.2 Å². The fourth-order valence-electron chi connectivity index (χ4n) is 2.61. The van der Waals surface area contributed by atoms with Crippen molar-refractivity contribution in [2.45, 2.75) is 13.3 Å². The van der Waals surface area contributed by atoms with Crippen molar-refractivity contribution in [3.05, 3.63) is 53.8 Å². The van der Waals surface area contributed by atoms with E-state index >= 15 is 0 Å². The van der Waals surface area contributed by atoms with E-state index < -0.39 is 6.03 Å². The number of nitrogens with one attached hydrogen (secondary N) is 2. The maximum atomic E-state index is 12.8. The fraction of sp³-hybridized carbons (Fsp3) is 0.176. The summed E-state index contributed by atoms with van der Waals surface area (Å²) in [5.74, 6) is -0.379. The molecular weight excluding hydrogens is 297 g/mol. The van der Waals surface area contributed by atoms with Crippen LogP contribution < -0.4 is 15.5 Å². The Balaban J connectivity index is 1.71. The topological polar surface area (TPSA) is 61.4 Å². The Bertz CT molecular complexity index is 759. The molecule has 3 rings (SSSR count). The van der Waals surface area contributed by atoms with Crippen LogP contribution in [0.1, 0.15) is 12.5 Å². The van der Waals surface area contributed by atoms with Crippen LogP contribution in [0.3, 0.4) is 0 Å². The zero-order chi connectivity index (χ0) is 16.4. The summed E-state index contributed by atoms with van der Waals surface area (Å²) in [5.41, 5.74) is 3.01. The molecule has 1 heterocycles. The van der Waals surface area contributed by atoms with Gasteiger partial charge in [-0.1, -0.05) is 6.07 Å². The first-order valence-electron chi connectivity index (χ1n) is 7.27. The number of rotatable bonds is 2. The SMILES string of the molecule is CC(=O)N1CCc2ccc(NC(=O)Nc3ccc(F)cc3)cc21. The standard InChI is InChI=1S/C17H16FN3O2/c1-11(22)21-9-8-12-2-5-15(10-16(12)21)20-17(23)19-14-6-3-13(18)4-7-14/h2-7,10H,8-9H2,1H3,(H2,19,20,23). The van der Waals surface area contributed by atoms with Gasteiger partial charge in [0.1, 0.15) is 5.82 Å². The lowest BCUT2D eigenvalue weighted by Gasteiger charge is -2.16. The number of anilines is 3. The molecule has 2 N–H and O–H groups in total. The van der Waals surface area contributed by atoms with Crippen LogP contribution in [0.4, 0.5) is 26.2 Å². The first kappa shape index (κ1) is 15.0. The third-order valence-corrected chi connectivity index (χ3v) is 3.72. The lowest BCUT2D eigenvalue weighted by molar-refractivity contribution is -0.116. The van der Waals surface area contributed by atoms with Gasteiger partial charge >= 0.3 is 6.03 Å². The average Bonchev–Trinajstić information content (AvgIpc) is 2.93. The lowest BCUT2D eigenvalue weighted by Crippen LogP contribution is -2.26. The normalized spacial score (nSPS) is 12.7. The van der Waals surface area contributed by atoms with Gasteiger partial charge in [0.15, 0.2) is 0 Å². The van der Waals surface area contributed by atoms with E-state index in [1.54, 1.807) is 17.0 Å². The molecule has 0 fully saturated rings. The van der Waals surface area contributed by atoms with Gasteiger partial charge in [-0.05, 0) is 48.4 Å². The number of amides is 3. The number of carbonyl (C=O) groups is 2. The van der Waals surface area contributed by atoms with Crippen molar-refractivity contribution >= 4 is 29.0 Å². The molecule has 0 atom stereocenters. The highest BCUT2D eigenvalue weighted by Gasteiger charge is 2.22. The molecule has 118 valence electrons. The highest BCUT2D eigenvalue weighted by molar-refractivity contribution is 6.01. The Hall–Kier alpha value is -2.89. The van der Waals surface area contributed by atoms with Gasteiger partial charge in [0.25, 0.3) is 0 Å². The van der Waals surface area contributed by atoms with E-state index in [0.29, 0.717) is 17.9 Å². The lowest BCUT2D eigenvalue weighted by atomic mass is 10.1. The van der Waals surface area contributed by atoms with E-state index in [-0.39, 0.29) is 11.7 Å². The van der Waals surface area contributed by atoms with E-state index in [2.05, 4.69) is 10.6 Å². The van der Waals surface area contributed by atoms with Gasteiger partial charge in [-0.3, -0.25) is 4.79 Å². The van der Waals surface area contributed by atoms with Crippen molar-refractivity contribution in [3.63, 3.8) is 0 Å². The Morgan fingerprint density at radius 1 is 1.04 bits per heavy atom. The van der Waals surface area contributed by atoms with Crippen molar-refractivity contribution in [1.82, 2.24) is 0 Å². The highest BCUT2D eigenvalue weighted by Crippen LogP contribution is 2.30. The van der Waals surface area contributed by atoms with Gasteiger partial charge in [0, 0.05) is 30.5 Å². The number of halogens is 1. The predicted molar refractivity (Wildman–Crippen MR) is 87.2 cm³/mol. The first-order chi connectivity index (χ1) is 11.0. The molecule has 2 aromatic rings. The quantitative estimate of drug-likeness (QED) is 0.893. The summed E-state index contributed by atoms with van der Waals surface area (Å²) in [4.78, 5) is 25.3. The number of hydrogen-bond acceptors (Lipinski definition) is 2. The second-order valence-electron chi connectivity index (χ2n) is 5.35. The fourth-order valence-corrected chi connectivity index (χ4v) is 2.61. The molecule has 0 radical (unpaired) electrons. The minimum Gasteiger partial charge on any atom is -0.312 e. The van der Waals surface area contributed by atoms with Crippen LogP contribution in [0.5, 0.6) is 0 Å². The Morgan fingerprint density at radius 3 is 2.39 bits per heavy atom. The van der Waals surface area contributed by atoms with Crippen molar-refractivity contribution in [3.8, 4) is 0 Å². The molecule has 23 heavy (non-hydrogen) atoms. The second kappa shape index (κ2) is 6.08. The van der Waals surface area contributed by atoms with Gasteiger partial charge in [0.05, 0.1) is 0 Å². The number of nitrogens with zero attached hydrogens (tertiary/aromatic N) is 1. The third kappa shape index (κ3) is 3.31. The Kier molecular flexibility index (Phi) is 3.97. The van der Waals surface area contributed by atoms with Gasteiger partial charge < -0.3 is 15.5 Å². The second-order valence-corrected chi connectivity index (χ2v) is 5.35. The average molecular weight is 313 g/mol. The maximum Gasteiger partial charge on any atom is 0.323 e. The van der Waals surface area contributed by atoms with Crippen LogP contribution in [-0.4, -0.2) is 18.5 Å². The summed E-state index contributed by atoms with van der Waals surface area (Å²) in [6.07, 6.45) is 0.816. The van der Waals surface area contributed by atoms with Crippen LogP contribution in [0.2, 0.25) is 0 Å². The van der Waals surface area contributed by atoms with Crippen molar-refractivity contribution in [2.75, 3.05) is 22.1 Å². The molecule has 0 spiro atoms. The molecule has 0 saturated heterocycles. The molecule has 2 aromatic carbocycles. The number of fused-ring (bicyclic) bond motifs is 1. The zero-order valence-corrected chi connectivity index (χ0v) is 12.6. The molecule has 0 aliphatic carbocycles. The summed E-state index contributed by atoms with van der Waals surface area (Å²) >= 11 is 0. The monoisotopic (exact) mass is 313 g/mol. The maximum absolute atomic E-state index is 12.8. The first-order valence-corrected chi connectivity index (χ1v) is 7.27. The van der Waals surface area contributed by atoms with Crippen molar-refractivity contribution in [2.24, 2.45) is 0 Å². The molecule has 1 aliphatic rings. The number of hydrogen-bond donors (Lipinski definition) is 2. The smallest absolute Gasteiger partial charge is 0.312 e. The summed E-state index contributed by atoms with van der Waals surface area (Å²) in [6.45, 7) is 2.19. The number of urea groups is 1. The van der Waals surface area contributed by atoms with Gasteiger partial charge in [0.2, 0.25) is 5.91 Å². The highest BCUT2D eigenvalue weighted by atomic mass is 19.1. The number of benzene rings is 2. The minimum absolute atomic E-state index is 0.0170. The van der Waals surface area contributed by atoms with Gasteiger partial charge in [-0.2, -0.15) is 0 Å². The van der Waals surface area contributed by atoms with Crippen molar-refractivity contribution < 1.29 is 14.0 Å². The van der Waals surface area contributed by atoms with E-state index in [1.807, 2.05) is 6.07 Å². The molecule has 1 aliphatic heterocycles. The molecule has 3 amide bonds. The minimum atomic E-state index is -0.427. The molecule has 0 saturated carbocycles. The molecule has 0 bridgehead atoms. The van der Waals surface area contributed by atoms with Crippen LogP contribution >= 0.6 is 0 Å². The summed E-state index contributed by atoms with van der Waals surface area (Å²) in [5, 5.41) is 5.33. The zero-order valence-electron chi connectivity index (χ0n) is 12.6. The number of carbonyl (C=O) groups excluding carboxylic acids is 2. The van der Waals surface area contributed by atoms with Crippen LogP contribution in [0.15, 0.2) is 42.5 Å². The molecule has 5 nitrogen and oxygen atoms in total. The predicted octanol–water partition coefficient (Wildman–Crippen LogP) is 3.38. The van der Waals surface area contributed by atoms with E-state index in [9.17, 15) is 14.0 Å². The summed E-state index contributed by atoms with van der Waals surface area (Å²) in [6, 6.07) is 10.6. The molecular formula is C17H16FN3O2. The van der Waals surface area contributed by atoms with Gasteiger partial charge in [-0.25, -0.2) is 9.18 Å². The van der Waals surface area contributed by atoms with Crippen LogP contribution in [0, 0.1) is 5.82 Å². The Morgan fingerprint density at radius 2 is 1.70 bits per heavy atom. The molecule has 0 unspecified atom stereocenters. The summed E-state index contributed by atoms with van der Waals surface area (Å²) in [7, 11) is 0.